The SMILES string of the molecule is CON(C)C(=O)c1csc(Nc2ccccc2)n1. The van der Waals surface area contributed by atoms with Crippen LogP contribution < -0.4 is 5.32 Å². The minimum Gasteiger partial charge on any atom is -0.332 e. The van der Waals surface area contributed by atoms with E-state index in [1.54, 1.807) is 12.4 Å². The summed E-state index contributed by atoms with van der Waals surface area (Å²) in [4.78, 5) is 20.8. The van der Waals surface area contributed by atoms with E-state index in [0.717, 1.165) is 10.8 Å². The average Bonchev–Trinajstić information content (AvgIpc) is 2.86. The van der Waals surface area contributed by atoms with Crippen LogP contribution in [0.4, 0.5) is 10.8 Å². The molecule has 0 bridgehead atoms. The normalized spacial score (nSPS) is 10.1. The van der Waals surface area contributed by atoms with Crippen LogP contribution in [0.2, 0.25) is 0 Å². The van der Waals surface area contributed by atoms with Crippen molar-refractivity contribution in [1.82, 2.24) is 10.0 Å². The van der Waals surface area contributed by atoms with Gasteiger partial charge in [-0.2, -0.15) is 0 Å². The van der Waals surface area contributed by atoms with Crippen LogP contribution in [-0.4, -0.2) is 30.1 Å². The monoisotopic (exact) mass is 263 g/mol. The molecule has 1 aromatic carbocycles. The molecule has 0 radical (unpaired) electrons. The van der Waals surface area contributed by atoms with Gasteiger partial charge in [-0.05, 0) is 12.1 Å². The number of carbonyl (C=O) groups is 1. The zero-order chi connectivity index (χ0) is 13.0. The summed E-state index contributed by atoms with van der Waals surface area (Å²) < 4.78 is 0. The molecule has 0 aliphatic heterocycles. The third kappa shape index (κ3) is 2.85. The quantitative estimate of drug-likeness (QED) is 0.861. The summed E-state index contributed by atoms with van der Waals surface area (Å²) >= 11 is 1.38. The summed E-state index contributed by atoms with van der Waals surface area (Å²) in [5.41, 5.74) is 1.30. The number of aromatic nitrogens is 1. The van der Waals surface area contributed by atoms with Gasteiger partial charge in [0, 0.05) is 18.1 Å². The Morgan fingerprint density at radius 1 is 1.39 bits per heavy atom. The van der Waals surface area contributed by atoms with Crippen LogP contribution in [0.15, 0.2) is 35.7 Å². The molecular formula is C12H13N3O2S. The second-order valence-corrected chi connectivity index (χ2v) is 4.37. The van der Waals surface area contributed by atoms with E-state index in [2.05, 4.69) is 10.3 Å². The van der Waals surface area contributed by atoms with Crippen LogP contribution in [0.3, 0.4) is 0 Å². The third-order valence-corrected chi connectivity index (χ3v) is 3.07. The fourth-order valence-electron chi connectivity index (χ4n) is 1.32. The fraction of sp³-hybridized carbons (Fsp3) is 0.167. The highest BCUT2D eigenvalue weighted by atomic mass is 32.1. The van der Waals surface area contributed by atoms with Gasteiger partial charge in [-0.3, -0.25) is 9.63 Å². The van der Waals surface area contributed by atoms with Crippen LogP contribution in [0, 0.1) is 0 Å². The van der Waals surface area contributed by atoms with E-state index >= 15 is 0 Å². The van der Waals surface area contributed by atoms with Crippen molar-refractivity contribution in [2.75, 3.05) is 19.5 Å². The Bertz CT molecular complexity index is 527. The number of carbonyl (C=O) groups excluding carboxylic acids is 1. The van der Waals surface area contributed by atoms with Crippen molar-refractivity contribution in [3.05, 3.63) is 41.4 Å². The van der Waals surface area contributed by atoms with Gasteiger partial charge >= 0.3 is 0 Å². The zero-order valence-electron chi connectivity index (χ0n) is 10.1. The zero-order valence-corrected chi connectivity index (χ0v) is 10.9. The molecule has 0 saturated carbocycles. The highest BCUT2D eigenvalue weighted by molar-refractivity contribution is 7.14. The molecule has 2 aromatic rings. The molecule has 0 aliphatic rings. The van der Waals surface area contributed by atoms with Crippen molar-refractivity contribution in [1.29, 1.82) is 0 Å². The van der Waals surface area contributed by atoms with E-state index < -0.39 is 0 Å². The largest absolute Gasteiger partial charge is 0.332 e. The molecule has 1 aromatic heterocycles. The van der Waals surface area contributed by atoms with Gasteiger partial charge in [-0.25, -0.2) is 10.0 Å². The summed E-state index contributed by atoms with van der Waals surface area (Å²) in [5.74, 6) is -0.269. The van der Waals surface area contributed by atoms with Crippen LogP contribution in [0.25, 0.3) is 0 Å². The molecule has 0 aliphatic carbocycles. The summed E-state index contributed by atoms with van der Waals surface area (Å²) in [7, 11) is 2.99. The molecular weight excluding hydrogens is 250 g/mol. The minimum absolute atomic E-state index is 0.269. The number of benzene rings is 1. The summed E-state index contributed by atoms with van der Waals surface area (Å²) in [6.07, 6.45) is 0. The second-order valence-electron chi connectivity index (χ2n) is 3.51. The number of rotatable bonds is 4. The first-order valence-corrected chi connectivity index (χ1v) is 6.18. The van der Waals surface area contributed by atoms with Crippen molar-refractivity contribution in [3.63, 3.8) is 0 Å². The van der Waals surface area contributed by atoms with Gasteiger partial charge in [0.15, 0.2) is 5.13 Å². The fourth-order valence-corrected chi connectivity index (χ4v) is 2.02. The van der Waals surface area contributed by atoms with Gasteiger partial charge < -0.3 is 5.32 Å². The van der Waals surface area contributed by atoms with E-state index in [4.69, 9.17) is 4.84 Å². The van der Waals surface area contributed by atoms with Crippen molar-refractivity contribution >= 4 is 28.1 Å². The van der Waals surface area contributed by atoms with Gasteiger partial charge in [0.25, 0.3) is 5.91 Å². The molecule has 0 spiro atoms. The van der Waals surface area contributed by atoms with Gasteiger partial charge in [0.1, 0.15) is 5.69 Å². The van der Waals surface area contributed by atoms with Gasteiger partial charge in [-0.15, -0.1) is 11.3 Å². The topological polar surface area (TPSA) is 54.5 Å². The Balaban J connectivity index is 2.09. The Hall–Kier alpha value is -1.92. The summed E-state index contributed by atoms with van der Waals surface area (Å²) in [6.45, 7) is 0. The van der Waals surface area contributed by atoms with Crippen LogP contribution in [-0.2, 0) is 4.84 Å². The molecule has 1 heterocycles. The van der Waals surface area contributed by atoms with E-state index in [9.17, 15) is 4.79 Å². The molecule has 0 unspecified atom stereocenters. The Kier molecular flexibility index (Phi) is 3.91. The lowest BCUT2D eigenvalue weighted by atomic mass is 10.3. The molecule has 18 heavy (non-hydrogen) atoms. The van der Waals surface area contributed by atoms with Crippen molar-refractivity contribution in [2.24, 2.45) is 0 Å². The van der Waals surface area contributed by atoms with Crippen molar-refractivity contribution < 1.29 is 9.63 Å². The molecule has 0 saturated heterocycles. The van der Waals surface area contributed by atoms with Crippen molar-refractivity contribution in [3.8, 4) is 0 Å². The summed E-state index contributed by atoms with van der Waals surface area (Å²) in [6, 6.07) is 9.67. The number of nitrogens with one attached hydrogen (secondary N) is 1. The first kappa shape index (κ1) is 12.5. The first-order valence-electron chi connectivity index (χ1n) is 5.30. The molecule has 0 atom stereocenters. The number of nitrogens with zero attached hydrogens (tertiary/aromatic N) is 2. The lowest BCUT2D eigenvalue weighted by molar-refractivity contribution is -0.0759. The highest BCUT2D eigenvalue weighted by Crippen LogP contribution is 2.21. The van der Waals surface area contributed by atoms with Crippen LogP contribution >= 0.6 is 11.3 Å². The smallest absolute Gasteiger partial charge is 0.296 e. The van der Waals surface area contributed by atoms with Crippen LogP contribution in [0.1, 0.15) is 10.5 Å². The number of hydroxylamine groups is 2. The minimum atomic E-state index is -0.269. The predicted octanol–water partition coefficient (Wildman–Crippen LogP) is 2.52. The average molecular weight is 263 g/mol. The molecule has 2 rings (SSSR count). The van der Waals surface area contributed by atoms with Crippen molar-refractivity contribution in [2.45, 2.75) is 0 Å². The number of hydrogen-bond acceptors (Lipinski definition) is 5. The van der Waals surface area contributed by atoms with E-state index in [1.807, 2.05) is 30.3 Å². The molecule has 1 N–H and O–H groups in total. The lowest BCUT2D eigenvalue weighted by Crippen LogP contribution is -2.25. The number of amides is 1. The maximum atomic E-state index is 11.8. The molecule has 94 valence electrons. The van der Waals surface area contributed by atoms with E-state index in [-0.39, 0.29) is 5.91 Å². The Morgan fingerprint density at radius 3 is 2.78 bits per heavy atom. The standard InChI is InChI=1S/C12H13N3O2S/c1-15(17-2)11(16)10-8-18-12(14-10)13-9-6-4-3-5-7-9/h3-8H,1-2H3,(H,13,14). The molecule has 0 fully saturated rings. The Labute approximate surface area is 109 Å². The van der Waals surface area contributed by atoms with Crippen LogP contribution in [0.5, 0.6) is 0 Å². The number of thiazole rings is 1. The van der Waals surface area contributed by atoms with E-state index in [1.165, 1.54) is 18.4 Å². The van der Waals surface area contributed by atoms with Gasteiger partial charge in [0.05, 0.1) is 7.11 Å². The van der Waals surface area contributed by atoms with Gasteiger partial charge in [-0.1, -0.05) is 18.2 Å². The highest BCUT2D eigenvalue weighted by Gasteiger charge is 2.15. The maximum absolute atomic E-state index is 11.8. The summed E-state index contributed by atoms with van der Waals surface area (Å²) in [5, 5.41) is 6.64. The van der Waals surface area contributed by atoms with E-state index in [0.29, 0.717) is 10.8 Å². The number of anilines is 2. The van der Waals surface area contributed by atoms with Gasteiger partial charge in [0.2, 0.25) is 0 Å². The lowest BCUT2D eigenvalue weighted by Gasteiger charge is -2.11. The molecule has 1 amide bonds. The number of hydrogen-bond donors (Lipinski definition) is 1. The second kappa shape index (κ2) is 5.61. The number of para-hydroxylation sites is 1. The molecule has 5 nitrogen and oxygen atoms in total. The molecule has 6 heteroatoms. The predicted molar refractivity (Wildman–Crippen MR) is 70.9 cm³/mol. The first-order chi connectivity index (χ1) is 8.70. The maximum Gasteiger partial charge on any atom is 0.296 e. The third-order valence-electron chi connectivity index (χ3n) is 2.31. The Morgan fingerprint density at radius 2 is 2.11 bits per heavy atom.